The third kappa shape index (κ3) is 2.70. The lowest BCUT2D eigenvalue weighted by atomic mass is 10.3. The first-order chi connectivity index (χ1) is 8.58. The van der Waals surface area contributed by atoms with E-state index in [9.17, 15) is 9.59 Å². The Bertz CT molecular complexity index is 501. The quantitative estimate of drug-likeness (QED) is 0.883. The molecule has 1 amide bonds. The Morgan fingerprint density at radius 1 is 1.44 bits per heavy atom. The van der Waals surface area contributed by atoms with Gasteiger partial charge in [-0.3, -0.25) is 14.5 Å². The van der Waals surface area contributed by atoms with Crippen LogP contribution in [0.15, 0.2) is 35.3 Å². The number of carboxylic acid groups (broad SMARTS) is 1. The van der Waals surface area contributed by atoms with E-state index in [0.29, 0.717) is 10.9 Å². The molecule has 1 aliphatic rings. The van der Waals surface area contributed by atoms with Crippen molar-refractivity contribution in [1.29, 1.82) is 0 Å². The molecule has 1 heterocycles. The molecule has 1 aromatic carbocycles. The van der Waals surface area contributed by atoms with Crippen LogP contribution in [0.5, 0.6) is 0 Å². The second-order valence-electron chi connectivity index (χ2n) is 3.83. The van der Waals surface area contributed by atoms with Gasteiger partial charge < -0.3 is 5.11 Å². The van der Waals surface area contributed by atoms with Crippen LogP contribution in [0.2, 0.25) is 0 Å². The van der Waals surface area contributed by atoms with Gasteiger partial charge >= 0.3 is 5.97 Å². The predicted molar refractivity (Wildman–Crippen MR) is 69.9 cm³/mol. The number of hydrogen-bond donors (Lipinski definition) is 1. The lowest BCUT2D eigenvalue weighted by molar-refractivity contribution is -0.139. The molecule has 18 heavy (non-hydrogen) atoms. The Kier molecular flexibility index (Phi) is 3.66. The normalized spacial score (nSPS) is 22.3. The number of aliphatic imine (C=N–C) groups is 1. The number of aliphatic carboxylic acids is 1. The zero-order chi connectivity index (χ0) is 13.1. The van der Waals surface area contributed by atoms with E-state index in [1.807, 2.05) is 18.2 Å². The SMILES string of the molecule is CN1C(=O)CC(C(=O)O)SC1=Nc1ccccc1. The average molecular weight is 264 g/mol. The van der Waals surface area contributed by atoms with Crippen molar-refractivity contribution in [2.75, 3.05) is 7.05 Å². The van der Waals surface area contributed by atoms with Gasteiger partial charge in [-0.1, -0.05) is 30.0 Å². The summed E-state index contributed by atoms with van der Waals surface area (Å²) in [5.74, 6) is -1.21. The monoisotopic (exact) mass is 264 g/mol. The van der Waals surface area contributed by atoms with Gasteiger partial charge in [-0.2, -0.15) is 0 Å². The first kappa shape index (κ1) is 12.6. The van der Waals surface area contributed by atoms with Gasteiger partial charge in [-0.05, 0) is 12.1 Å². The minimum Gasteiger partial charge on any atom is -0.480 e. The number of carboxylic acids is 1. The highest BCUT2D eigenvalue weighted by molar-refractivity contribution is 8.15. The van der Waals surface area contributed by atoms with Crippen molar-refractivity contribution in [3.63, 3.8) is 0 Å². The van der Waals surface area contributed by atoms with Gasteiger partial charge in [-0.25, -0.2) is 4.99 Å². The molecule has 0 aliphatic carbocycles. The van der Waals surface area contributed by atoms with Gasteiger partial charge in [0.2, 0.25) is 5.91 Å². The first-order valence-corrected chi connectivity index (χ1v) is 6.25. The molecule has 1 saturated heterocycles. The summed E-state index contributed by atoms with van der Waals surface area (Å²) < 4.78 is 0. The summed E-state index contributed by atoms with van der Waals surface area (Å²) in [6.45, 7) is 0. The molecule has 1 atom stereocenters. The fourth-order valence-corrected chi connectivity index (χ4v) is 2.50. The molecule has 0 bridgehead atoms. The minimum absolute atomic E-state index is 0.00428. The summed E-state index contributed by atoms with van der Waals surface area (Å²) in [5, 5.41) is 8.65. The highest BCUT2D eigenvalue weighted by atomic mass is 32.2. The lowest BCUT2D eigenvalue weighted by Crippen LogP contribution is -2.41. The largest absolute Gasteiger partial charge is 0.480 e. The van der Waals surface area contributed by atoms with Crippen molar-refractivity contribution in [3.8, 4) is 0 Å². The van der Waals surface area contributed by atoms with E-state index in [1.165, 1.54) is 4.90 Å². The summed E-state index contributed by atoms with van der Waals surface area (Å²) in [6, 6.07) is 9.14. The standard InChI is InChI=1S/C12H12N2O3S/c1-14-10(15)7-9(11(16)17)18-12(14)13-8-5-3-2-4-6-8/h2-6,9H,7H2,1H3,(H,16,17). The second kappa shape index (κ2) is 5.22. The minimum atomic E-state index is -0.984. The molecule has 2 rings (SSSR count). The summed E-state index contributed by atoms with van der Waals surface area (Å²) in [5.41, 5.74) is 0.700. The van der Waals surface area contributed by atoms with Crippen molar-refractivity contribution in [3.05, 3.63) is 30.3 Å². The van der Waals surface area contributed by atoms with E-state index in [2.05, 4.69) is 4.99 Å². The highest BCUT2D eigenvalue weighted by Crippen LogP contribution is 2.27. The third-order valence-corrected chi connectivity index (χ3v) is 3.75. The van der Waals surface area contributed by atoms with E-state index in [1.54, 1.807) is 19.2 Å². The zero-order valence-electron chi connectivity index (χ0n) is 9.74. The van der Waals surface area contributed by atoms with Crippen LogP contribution < -0.4 is 0 Å². The smallest absolute Gasteiger partial charge is 0.317 e. The Balaban J connectivity index is 2.27. The number of hydrogen-bond acceptors (Lipinski definition) is 4. The van der Waals surface area contributed by atoms with Gasteiger partial charge in [0.1, 0.15) is 5.25 Å². The maximum atomic E-state index is 11.7. The number of amidine groups is 1. The lowest BCUT2D eigenvalue weighted by Gasteiger charge is -2.27. The number of thioether (sulfide) groups is 1. The summed E-state index contributed by atoms with van der Waals surface area (Å²) in [6.07, 6.45) is 0.00428. The number of carbonyl (C=O) groups excluding carboxylic acids is 1. The molecular formula is C12H12N2O3S. The zero-order valence-corrected chi connectivity index (χ0v) is 10.6. The number of carbonyl (C=O) groups is 2. The average Bonchev–Trinajstić information content (AvgIpc) is 2.35. The van der Waals surface area contributed by atoms with E-state index < -0.39 is 11.2 Å². The molecule has 1 N–H and O–H groups in total. The maximum absolute atomic E-state index is 11.7. The first-order valence-electron chi connectivity index (χ1n) is 5.37. The van der Waals surface area contributed by atoms with Crippen LogP contribution in [0.3, 0.4) is 0 Å². The molecule has 1 unspecified atom stereocenters. The molecule has 1 aliphatic heterocycles. The fourth-order valence-electron chi connectivity index (χ4n) is 1.50. The number of benzene rings is 1. The van der Waals surface area contributed by atoms with Crippen LogP contribution in [0.1, 0.15) is 6.42 Å². The highest BCUT2D eigenvalue weighted by Gasteiger charge is 2.33. The topological polar surface area (TPSA) is 70.0 Å². The van der Waals surface area contributed by atoms with Crippen molar-refractivity contribution in [2.45, 2.75) is 11.7 Å². The number of nitrogens with zero attached hydrogens (tertiary/aromatic N) is 2. The van der Waals surface area contributed by atoms with E-state index in [-0.39, 0.29) is 12.3 Å². The van der Waals surface area contributed by atoms with Crippen molar-refractivity contribution in [1.82, 2.24) is 4.90 Å². The van der Waals surface area contributed by atoms with Crippen LogP contribution in [0.25, 0.3) is 0 Å². The van der Waals surface area contributed by atoms with Gasteiger partial charge in [0.25, 0.3) is 0 Å². The van der Waals surface area contributed by atoms with Crippen molar-refractivity contribution < 1.29 is 14.7 Å². The third-order valence-electron chi connectivity index (χ3n) is 2.53. The van der Waals surface area contributed by atoms with Gasteiger partial charge in [0, 0.05) is 7.05 Å². The van der Waals surface area contributed by atoms with Crippen molar-refractivity contribution >= 4 is 34.5 Å². The fraction of sp³-hybridized carbons (Fsp3) is 0.250. The number of rotatable bonds is 2. The molecule has 1 fully saturated rings. The van der Waals surface area contributed by atoms with E-state index in [0.717, 1.165) is 11.8 Å². The summed E-state index contributed by atoms with van der Waals surface area (Å²) in [4.78, 5) is 28.3. The number of para-hydroxylation sites is 1. The van der Waals surface area contributed by atoms with E-state index >= 15 is 0 Å². The molecule has 0 radical (unpaired) electrons. The summed E-state index contributed by atoms with van der Waals surface area (Å²) >= 11 is 1.10. The Morgan fingerprint density at radius 3 is 2.72 bits per heavy atom. The number of amides is 1. The predicted octanol–water partition coefficient (Wildman–Crippen LogP) is 1.72. The van der Waals surface area contributed by atoms with Gasteiger partial charge in [-0.15, -0.1) is 0 Å². The molecule has 94 valence electrons. The van der Waals surface area contributed by atoms with E-state index in [4.69, 9.17) is 5.11 Å². The van der Waals surface area contributed by atoms with Crippen molar-refractivity contribution in [2.24, 2.45) is 4.99 Å². The second-order valence-corrected chi connectivity index (χ2v) is 5.00. The van der Waals surface area contributed by atoms with Gasteiger partial charge in [0.05, 0.1) is 12.1 Å². The van der Waals surface area contributed by atoms with Crippen LogP contribution in [0, 0.1) is 0 Å². The van der Waals surface area contributed by atoms with Crippen LogP contribution in [0.4, 0.5) is 5.69 Å². The van der Waals surface area contributed by atoms with Crippen LogP contribution in [-0.4, -0.2) is 39.3 Å². The van der Waals surface area contributed by atoms with Crippen LogP contribution in [-0.2, 0) is 9.59 Å². The summed E-state index contributed by atoms with van der Waals surface area (Å²) in [7, 11) is 1.61. The Hall–Kier alpha value is -1.82. The molecule has 0 saturated carbocycles. The molecule has 0 aromatic heterocycles. The maximum Gasteiger partial charge on any atom is 0.317 e. The molecule has 0 spiro atoms. The molecule has 6 heteroatoms. The molecular weight excluding hydrogens is 252 g/mol. The van der Waals surface area contributed by atoms with Crippen LogP contribution >= 0.6 is 11.8 Å². The molecule has 1 aromatic rings. The van der Waals surface area contributed by atoms with Gasteiger partial charge in [0.15, 0.2) is 5.17 Å². The molecule has 5 nitrogen and oxygen atoms in total. The Labute approximate surface area is 109 Å². The Morgan fingerprint density at radius 2 is 2.11 bits per heavy atom.